The number of amides is 2. The molecule has 1 fully saturated rings. The molecule has 2 N–H and O–H groups in total. The second-order valence-electron chi connectivity index (χ2n) is 7.60. The normalized spacial score (nSPS) is 16.9. The summed E-state index contributed by atoms with van der Waals surface area (Å²) in [6.45, 7) is 8.85. The number of hydrogen-bond acceptors (Lipinski definition) is 5. The Bertz CT molecular complexity index is 851. The second kappa shape index (κ2) is 8.56. The van der Waals surface area contributed by atoms with Gasteiger partial charge < -0.3 is 15.2 Å². The van der Waals surface area contributed by atoms with Crippen LogP contribution in [-0.4, -0.2) is 41.5 Å². The van der Waals surface area contributed by atoms with Crippen molar-refractivity contribution in [2.75, 3.05) is 25.0 Å². The molecular formula is C21H28N4O3. The van der Waals surface area contributed by atoms with Crippen LogP contribution in [0.1, 0.15) is 47.0 Å². The summed E-state index contributed by atoms with van der Waals surface area (Å²) in [6, 6.07) is 6.04. The molecule has 1 aliphatic rings. The highest BCUT2D eigenvalue weighted by Gasteiger charge is 2.30. The van der Waals surface area contributed by atoms with Gasteiger partial charge in [0.05, 0.1) is 24.8 Å². The number of nitrogens with zero attached hydrogens (tertiary/aromatic N) is 2. The minimum atomic E-state index is -0.229. The minimum Gasteiger partial charge on any atom is -0.359 e. The summed E-state index contributed by atoms with van der Waals surface area (Å²) in [7, 11) is 0. The zero-order chi connectivity index (χ0) is 20.3. The van der Waals surface area contributed by atoms with Gasteiger partial charge in [0.1, 0.15) is 0 Å². The van der Waals surface area contributed by atoms with Crippen LogP contribution in [0.4, 0.5) is 5.69 Å². The lowest BCUT2D eigenvalue weighted by Crippen LogP contribution is -2.40. The summed E-state index contributed by atoms with van der Waals surface area (Å²) < 4.78 is 5.37. The summed E-state index contributed by atoms with van der Waals surface area (Å²) in [5, 5.41) is 9.56. The second-order valence-corrected chi connectivity index (χ2v) is 7.60. The van der Waals surface area contributed by atoms with E-state index in [4.69, 9.17) is 4.52 Å². The molecule has 2 amide bonds. The Kier molecular flexibility index (Phi) is 6.14. The van der Waals surface area contributed by atoms with E-state index < -0.39 is 0 Å². The van der Waals surface area contributed by atoms with E-state index in [1.807, 2.05) is 45.9 Å². The van der Waals surface area contributed by atoms with Crippen molar-refractivity contribution in [1.29, 1.82) is 0 Å². The molecule has 150 valence electrons. The highest BCUT2D eigenvalue weighted by atomic mass is 16.5. The smallest absolute Gasteiger partial charge is 0.243 e. The average molecular weight is 384 g/mol. The Balaban J connectivity index is 1.51. The molecule has 1 aliphatic heterocycles. The molecule has 0 radical (unpaired) electrons. The van der Waals surface area contributed by atoms with Crippen molar-refractivity contribution in [3.63, 3.8) is 0 Å². The van der Waals surface area contributed by atoms with Crippen molar-refractivity contribution in [3.8, 4) is 0 Å². The molecule has 7 nitrogen and oxygen atoms in total. The first-order chi connectivity index (χ1) is 13.3. The number of carbonyl (C=O) groups excluding carboxylic acids is 2. The quantitative estimate of drug-likeness (QED) is 0.800. The molecule has 0 bridgehead atoms. The standard InChI is InChI=1S/C21H28N4O3/c1-13-8-14(2)21(15(3)9-13)23-19(26)11-22-20(27)12-25-7-5-6-17(25)18-10-16(4)24-28-18/h8-10,17H,5-7,11-12H2,1-4H3,(H,22,27)(H,23,26)/t17-/m0/s1. The SMILES string of the molecule is Cc1cc(C)c(NC(=O)CNC(=O)CN2CCC[C@H]2c2cc(C)no2)c(C)c1. The summed E-state index contributed by atoms with van der Waals surface area (Å²) in [5.41, 5.74) is 4.83. The molecule has 7 heteroatoms. The first-order valence-electron chi connectivity index (χ1n) is 9.65. The van der Waals surface area contributed by atoms with Crippen LogP contribution in [0.25, 0.3) is 0 Å². The van der Waals surface area contributed by atoms with Crippen molar-refractivity contribution in [2.45, 2.75) is 46.6 Å². The predicted octanol–water partition coefficient (Wildman–Crippen LogP) is 2.80. The van der Waals surface area contributed by atoms with E-state index in [1.165, 1.54) is 0 Å². The molecule has 0 saturated carbocycles. The largest absolute Gasteiger partial charge is 0.359 e. The zero-order valence-corrected chi connectivity index (χ0v) is 17.0. The Morgan fingerprint density at radius 3 is 2.50 bits per heavy atom. The van der Waals surface area contributed by atoms with Gasteiger partial charge in [-0.3, -0.25) is 14.5 Å². The number of carbonyl (C=O) groups is 2. The summed E-state index contributed by atoms with van der Waals surface area (Å²) in [6.07, 6.45) is 1.94. The molecule has 2 aromatic rings. The maximum atomic E-state index is 12.3. The lowest BCUT2D eigenvalue weighted by Gasteiger charge is -2.21. The molecular weight excluding hydrogens is 356 g/mol. The van der Waals surface area contributed by atoms with Gasteiger partial charge in [-0.1, -0.05) is 22.9 Å². The molecule has 1 atom stereocenters. The van der Waals surface area contributed by atoms with Crippen LogP contribution in [0.2, 0.25) is 0 Å². The van der Waals surface area contributed by atoms with Crippen LogP contribution >= 0.6 is 0 Å². The highest BCUT2D eigenvalue weighted by molar-refractivity contribution is 5.96. The number of aryl methyl sites for hydroxylation is 4. The van der Waals surface area contributed by atoms with Gasteiger partial charge in [0.2, 0.25) is 11.8 Å². The molecule has 1 aromatic carbocycles. The van der Waals surface area contributed by atoms with Crippen molar-refractivity contribution in [1.82, 2.24) is 15.4 Å². The Hall–Kier alpha value is -2.67. The fraction of sp³-hybridized carbons (Fsp3) is 0.476. The number of rotatable bonds is 6. The first-order valence-corrected chi connectivity index (χ1v) is 9.65. The molecule has 28 heavy (non-hydrogen) atoms. The van der Waals surface area contributed by atoms with Gasteiger partial charge in [-0.05, 0) is 58.2 Å². The van der Waals surface area contributed by atoms with Crippen molar-refractivity contribution >= 4 is 17.5 Å². The highest BCUT2D eigenvalue weighted by Crippen LogP contribution is 2.31. The van der Waals surface area contributed by atoms with Crippen LogP contribution in [0.15, 0.2) is 22.7 Å². The van der Waals surface area contributed by atoms with E-state index >= 15 is 0 Å². The molecule has 0 spiro atoms. The molecule has 3 rings (SSSR count). The fourth-order valence-electron chi connectivity index (χ4n) is 3.86. The third kappa shape index (κ3) is 4.78. The lowest BCUT2D eigenvalue weighted by atomic mass is 10.1. The Labute approximate surface area is 165 Å². The zero-order valence-electron chi connectivity index (χ0n) is 17.0. The van der Waals surface area contributed by atoms with Crippen LogP contribution in [-0.2, 0) is 9.59 Å². The van der Waals surface area contributed by atoms with Crippen LogP contribution < -0.4 is 10.6 Å². The maximum absolute atomic E-state index is 12.3. The number of anilines is 1. The minimum absolute atomic E-state index is 0.0501. The molecule has 0 unspecified atom stereocenters. The number of hydrogen-bond donors (Lipinski definition) is 2. The van der Waals surface area contributed by atoms with Gasteiger partial charge in [0.25, 0.3) is 0 Å². The number of likely N-dealkylation sites (tertiary alicyclic amines) is 1. The van der Waals surface area contributed by atoms with Crippen LogP contribution in [0.5, 0.6) is 0 Å². The van der Waals surface area contributed by atoms with Gasteiger partial charge in [-0.2, -0.15) is 0 Å². The van der Waals surface area contributed by atoms with E-state index in [9.17, 15) is 9.59 Å². The van der Waals surface area contributed by atoms with Gasteiger partial charge in [0, 0.05) is 11.8 Å². The topological polar surface area (TPSA) is 87.5 Å². The summed E-state index contributed by atoms with van der Waals surface area (Å²) >= 11 is 0. The van der Waals surface area contributed by atoms with Gasteiger partial charge in [0.15, 0.2) is 5.76 Å². The molecule has 1 saturated heterocycles. The van der Waals surface area contributed by atoms with Crippen LogP contribution in [0.3, 0.4) is 0 Å². The number of benzene rings is 1. The van der Waals surface area contributed by atoms with Crippen LogP contribution in [0, 0.1) is 27.7 Å². The van der Waals surface area contributed by atoms with Gasteiger partial charge >= 0.3 is 0 Å². The average Bonchev–Trinajstić information content (AvgIpc) is 3.25. The molecule has 2 heterocycles. The Morgan fingerprint density at radius 2 is 1.86 bits per heavy atom. The fourth-order valence-corrected chi connectivity index (χ4v) is 3.86. The third-order valence-corrected chi connectivity index (χ3v) is 5.07. The molecule has 1 aromatic heterocycles. The third-order valence-electron chi connectivity index (χ3n) is 5.07. The monoisotopic (exact) mass is 384 g/mol. The van der Waals surface area contributed by atoms with E-state index in [2.05, 4.69) is 20.7 Å². The first kappa shape index (κ1) is 20.1. The number of aromatic nitrogens is 1. The van der Waals surface area contributed by atoms with Crippen molar-refractivity contribution in [2.24, 2.45) is 0 Å². The predicted molar refractivity (Wildman–Crippen MR) is 107 cm³/mol. The van der Waals surface area contributed by atoms with E-state index in [1.54, 1.807) is 0 Å². The molecule has 0 aliphatic carbocycles. The van der Waals surface area contributed by atoms with Crippen molar-refractivity contribution < 1.29 is 14.1 Å². The van der Waals surface area contributed by atoms with E-state index in [0.29, 0.717) is 0 Å². The van der Waals surface area contributed by atoms with E-state index in [-0.39, 0.29) is 30.9 Å². The lowest BCUT2D eigenvalue weighted by molar-refractivity contribution is -0.125. The van der Waals surface area contributed by atoms with Gasteiger partial charge in [-0.15, -0.1) is 0 Å². The Morgan fingerprint density at radius 1 is 1.14 bits per heavy atom. The number of nitrogens with one attached hydrogen (secondary N) is 2. The van der Waals surface area contributed by atoms with Gasteiger partial charge in [-0.25, -0.2) is 0 Å². The summed E-state index contributed by atoms with van der Waals surface area (Å²) in [5.74, 6) is 0.397. The summed E-state index contributed by atoms with van der Waals surface area (Å²) in [4.78, 5) is 26.7. The van der Waals surface area contributed by atoms with E-state index in [0.717, 1.165) is 53.2 Å². The van der Waals surface area contributed by atoms with Crippen molar-refractivity contribution in [3.05, 3.63) is 46.3 Å². The maximum Gasteiger partial charge on any atom is 0.243 e.